The smallest absolute Gasteiger partial charge is 0.0349 e. The highest BCUT2D eigenvalue weighted by molar-refractivity contribution is 4.81. The molecule has 0 N–H and O–H groups in total. The molecule has 1 aliphatic rings. The van der Waals surface area contributed by atoms with Gasteiger partial charge in [-0.2, -0.15) is 0 Å². The maximum absolute atomic E-state index is 2.42. The summed E-state index contributed by atoms with van der Waals surface area (Å²) in [5.41, 5.74) is 0.606. The van der Waals surface area contributed by atoms with Crippen molar-refractivity contribution in [1.29, 1.82) is 0 Å². The Kier molecular flexibility index (Phi) is 2.61. The molecule has 0 saturated heterocycles. The summed E-state index contributed by atoms with van der Waals surface area (Å²) in [5.74, 6) is 1.95. The zero-order valence-corrected chi connectivity index (χ0v) is 8.48. The van der Waals surface area contributed by atoms with Crippen molar-refractivity contribution in [2.75, 3.05) is 0 Å². The van der Waals surface area contributed by atoms with Gasteiger partial charge in [-0.05, 0) is 30.1 Å². The predicted octanol–water partition coefficient (Wildman–Crippen LogP) is 3.86. The fourth-order valence-electron chi connectivity index (χ4n) is 2.29. The van der Waals surface area contributed by atoms with Crippen LogP contribution in [0.3, 0.4) is 0 Å². The molecule has 11 heavy (non-hydrogen) atoms. The van der Waals surface area contributed by atoms with Crippen LogP contribution in [0.25, 0.3) is 0 Å². The second-order valence-electron chi connectivity index (χ2n) is 5.41. The average Bonchev–Trinajstić information content (AvgIpc) is 2.43. The highest BCUT2D eigenvalue weighted by Crippen LogP contribution is 2.42. The van der Waals surface area contributed by atoms with E-state index < -0.39 is 0 Å². The lowest BCUT2D eigenvalue weighted by Gasteiger charge is -2.26. The molecule has 1 rings (SSSR count). The largest absolute Gasteiger partial charge is 0.0628 e. The third kappa shape index (κ3) is 3.79. The Morgan fingerprint density at radius 1 is 1.27 bits per heavy atom. The van der Waals surface area contributed by atoms with Gasteiger partial charge in [-0.25, -0.2) is 0 Å². The molecule has 0 nitrogen and oxygen atoms in total. The standard InChI is InChI=1S/C11H22/c1-9(2)7-11(3,4)8-10-5-6-10/h9-10H,5-8H2,1-4H3. The van der Waals surface area contributed by atoms with E-state index in [1.807, 2.05) is 0 Å². The zero-order chi connectivity index (χ0) is 8.48. The Labute approximate surface area is 71.4 Å². The third-order valence-electron chi connectivity index (χ3n) is 2.50. The first kappa shape index (κ1) is 9.09. The van der Waals surface area contributed by atoms with Crippen molar-refractivity contribution in [3.8, 4) is 0 Å². The van der Waals surface area contributed by atoms with Crippen LogP contribution in [0.15, 0.2) is 0 Å². The Balaban J connectivity index is 2.24. The average molecular weight is 154 g/mol. The van der Waals surface area contributed by atoms with E-state index in [1.165, 1.54) is 25.7 Å². The monoisotopic (exact) mass is 154 g/mol. The lowest BCUT2D eigenvalue weighted by molar-refractivity contribution is 0.252. The van der Waals surface area contributed by atoms with Crippen LogP contribution in [-0.2, 0) is 0 Å². The van der Waals surface area contributed by atoms with Crippen molar-refractivity contribution in [3.05, 3.63) is 0 Å². The van der Waals surface area contributed by atoms with Crippen molar-refractivity contribution < 1.29 is 0 Å². The van der Waals surface area contributed by atoms with Crippen molar-refractivity contribution in [1.82, 2.24) is 0 Å². The molecule has 0 aromatic heterocycles. The van der Waals surface area contributed by atoms with E-state index in [9.17, 15) is 0 Å². The Morgan fingerprint density at radius 3 is 2.18 bits per heavy atom. The second-order valence-corrected chi connectivity index (χ2v) is 5.41. The van der Waals surface area contributed by atoms with Gasteiger partial charge >= 0.3 is 0 Å². The second kappa shape index (κ2) is 3.16. The lowest BCUT2D eigenvalue weighted by atomic mass is 9.80. The van der Waals surface area contributed by atoms with Gasteiger partial charge in [-0.1, -0.05) is 40.5 Å². The van der Waals surface area contributed by atoms with Crippen LogP contribution in [0.5, 0.6) is 0 Å². The van der Waals surface area contributed by atoms with E-state index in [2.05, 4.69) is 27.7 Å². The van der Waals surface area contributed by atoms with Crippen LogP contribution < -0.4 is 0 Å². The molecule has 1 fully saturated rings. The minimum absolute atomic E-state index is 0.606. The van der Waals surface area contributed by atoms with Gasteiger partial charge < -0.3 is 0 Å². The molecule has 0 atom stereocenters. The lowest BCUT2D eigenvalue weighted by Crippen LogP contribution is -2.15. The Bertz CT molecular complexity index is 112. The summed E-state index contributed by atoms with van der Waals surface area (Å²) in [6.45, 7) is 9.50. The van der Waals surface area contributed by atoms with E-state index in [4.69, 9.17) is 0 Å². The molecule has 0 amide bonds. The van der Waals surface area contributed by atoms with Crippen LogP contribution in [0.1, 0.15) is 53.4 Å². The summed E-state index contributed by atoms with van der Waals surface area (Å²) in [5, 5.41) is 0. The van der Waals surface area contributed by atoms with Gasteiger partial charge in [0.15, 0.2) is 0 Å². The minimum Gasteiger partial charge on any atom is -0.0628 e. The Hall–Kier alpha value is 0. The van der Waals surface area contributed by atoms with E-state index >= 15 is 0 Å². The molecular formula is C11H22. The van der Waals surface area contributed by atoms with Gasteiger partial charge in [0.25, 0.3) is 0 Å². The quantitative estimate of drug-likeness (QED) is 0.577. The van der Waals surface area contributed by atoms with Crippen LogP contribution in [-0.4, -0.2) is 0 Å². The molecule has 0 aliphatic heterocycles. The molecule has 0 unspecified atom stereocenters. The summed E-state index contributed by atoms with van der Waals surface area (Å²) in [7, 11) is 0. The fraction of sp³-hybridized carbons (Fsp3) is 1.00. The van der Waals surface area contributed by atoms with Crippen LogP contribution >= 0.6 is 0 Å². The molecule has 1 saturated carbocycles. The van der Waals surface area contributed by atoms with Gasteiger partial charge in [-0.3, -0.25) is 0 Å². The van der Waals surface area contributed by atoms with Gasteiger partial charge in [0, 0.05) is 0 Å². The number of hydrogen-bond donors (Lipinski definition) is 0. The van der Waals surface area contributed by atoms with Crippen molar-refractivity contribution >= 4 is 0 Å². The molecule has 1 aliphatic carbocycles. The van der Waals surface area contributed by atoms with Crippen LogP contribution in [0.2, 0.25) is 0 Å². The summed E-state index contributed by atoms with van der Waals surface area (Å²) < 4.78 is 0. The molecule has 0 heteroatoms. The van der Waals surface area contributed by atoms with E-state index in [1.54, 1.807) is 0 Å². The first-order valence-corrected chi connectivity index (χ1v) is 4.99. The summed E-state index contributed by atoms with van der Waals surface area (Å²) in [6.07, 6.45) is 5.86. The molecular weight excluding hydrogens is 132 g/mol. The van der Waals surface area contributed by atoms with Gasteiger partial charge in [0.1, 0.15) is 0 Å². The summed E-state index contributed by atoms with van der Waals surface area (Å²) >= 11 is 0. The van der Waals surface area contributed by atoms with E-state index in [0.717, 1.165) is 11.8 Å². The minimum atomic E-state index is 0.606. The molecule has 0 aromatic carbocycles. The molecule has 0 spiro atoms. The molecule has 0 aromatic rings. The first-order valence-electron chi connectivity index (χ1n) is 4.99. The van der Waals surface area contributed by atoms with Crippen molar-refractivity contribution in [3.63, 3.8) is 0 Å². The first-order chi connectivity index (χ1) is 4.99. The third-order valence-corrected chi connectivity index (χ3v) is 2.50. The van der Waals surface area contributed by atoms with Gasteiger partial charge in [0.05, 0.1) is 0 Å². The SMILES string of the molecule is CC(C)CC(C)(C)CC1CC1. The van der Waals surface area contributed by atoms with Crippen molar-refractivity contribution in [2.24, 2.45) is 17.3 Å². The van der Waals surface area contributed by atoms with Crippen molar-refractivity contribution in [2.45, 2.75) is 53.4 Å². The van der Waals surface area contributed by atoms with Gasteiger partial charge in [0.2, 0.25) is 0 Å². The molecule has 0 heterocycles. The van der Waals surface area contributed by atoms with Gasteiger partial charge in [-0.15, -0.1) is 0 Å². The normalized spacial score (nSPS) is 19.4. The van der Waals surface area contributed by atoms with E-state index in [-0.39, 0.29) is 0 Å². The molecule has 66 valence electrons. The summed E-state index contributed by atoms with van der Waals surface area (Å²) in [6, 6.07) is 0. The fourth-order valence-corrected chi connectivity index (χ4v) is 2.29. The topological polar surface area (TPSA) is 0 Å². The zero-order valence-electron chi connectivity index (χ0n) is 8.48. The number of hydrogen-bond acceptors (Lipinski definition) is 0. The van der Waals surface area contributed by atoms with Crippen LogP contribution in [0.4, 0.5) is 0 Å². The highest BCUT2D eigenvalue weighted by atomic mass is 14.4. The number of rotatable bonds is 4. The van der Waals surface area contributed by atoms with E-state index in [0.29, 0.717) is 5.41 Å². The maximum atomic E-state index is 2.42. The highest BCUT2D eigenvalue weighted by Gasteiger charge is 2.30. The predicted molar refractivity (Wildman–Crippen MR) is 50.6 cm³/mol. The molecule has 0 radical (unpaired) electrons. The maximum Gasteiger partial charge on any atom is -0.0349 e. The Morgan fingerprint density at radius 2 is 1.82 bits per heavy atom. The molecule has 0 bridgehead atoms. The summed E-state index contributed by atoms with van der Waals surface area (Å²) in [4.78, 5) is 0. The van der Waals surface area contributed by atoms with Crippen LogP contribution in [0, 0.1) is 17.3 Å².